The molecule has 1 N–H and O–H groups in total. The second-order valence-electron chi connectivity index (χ2n) is 7.63. The summed E-state index contributed by atoms with van der Waals surface area (Å²) in [6.07, 6.45) is 4.83. The summed E-state index contributed by atoms with van der Waals surface area (Å²) >= 11 is 0. The molecule has 0 amide bonds. The molecule has 7 heteroatoms. The number of pyridine rings is 2. The Morgan fingerprint density at radius 2 is 1.93 bits per heavy atom. The topological polar surface area (TPSA) is 77.1 Å². The molecule has 0 radical (unpaired) electrons. The average molecular weight is 374 g/mol. The Morgan fingerprint density at radius 3 is 2.71 bits per heavy atom. The maximum Gasteiger partial charge on any atom is 0.260 e. The van der Waals surface area contributed by atoms with E-state index in [1.807, 2.05) is 55.9 Å². The van der Waals surface area contributed by atoms with Crippen LogP contribution in [0.4, 0.5) is 0 Å². The van der Waals surface area contributed by atoms with E-state index in [-0.39, 0.29) is 11.6 Å². The van der Waals surface area contributed by atoms with Crippen molar-refractivity contribution in [1.29, 1.82) is 0 Å². The summed E-state index contributed by atoms with van der Waals surface area (Å²) in [4.78, 5) is 22.3. The van der Waals surface area contributed by atoms with Crippen LogP contribution in [0.1, 0.15) is 29.3 Å². The number of aromatic nitrogens is 5. The van der Waals surface area contributed by atoms with Crippen molar-refractivity contribution in [2.45, 2.75) is 33.2 Å². The van der Waals surface area contributed by atoms with Crippen LogP contribution >= 0.6 is 0 Å². The van der Waals surface area contributed by atoms with Crippen LogP contribution in [0.5, 0.6) is 0 Å². The molecule has 0 aromatic carbocycles. The zero-order valence-electron chi connectivity index (χ0n) is 16.2. The second kappa shape index (κ2) is 6.24. The molecular weight excluding hydrogens is 352 g/mol. The van der Waals surface area contributed by atoms with Crippen LogP contribution in [0, 0.1) is 20.8 Å². The first-order valence-corrected chi connectivity index (χ1v) is 9.58. The van der Waals surface area contributed by atoms with Crippen LogP contribution in [0.15, 0.2) is 35.4 Å². The molecule has 4 aromatic heterocycles. The molecule has 1 saturated heterocycles. The van der Waals surface area contributed by atoms with Gasteiger partial charge in [-0.25, -0.2) is 14.5 Å². The summed E-state index contributed by atoms with van der Waals surface area (Å²) in [7, 11) is 0. The molecule has 0 aliphatic carbocycles. The smallest absolute Gasteiger partial charge is 0.260 e. The largest absolute Gasteiger partial charge is 0.315 e. The number of hydrogen-bond donors (Lipinski definition) is 1. The zero-order valence-corrected chi connectivity index (χ0v) is 16.2. The molecule has 5 heterocycles. The molecule has 0 bridgehead atoms. The highest BCUT2D eigenvalue weighted by molar-refractivity contribution is 5.83. The monoisotopic (exact) mass is 374 g/mol. The fraction of sp³-hybridized carbons (Fsp3) is 0.333. The van der Waals surface area contributed by atoms with E-state index in [0.717, 1.165) is 58.9 Å². The number of nitrogens with zero attached hydrogens (tertiary/aromatic N) is 5. The van der Waals surface area contributed by atoms with Gasteiger partial charge in [0.05, 0.1) is 34.5 Å². The van der Waals surface area contributed by atoms with E-state index in [0.29, 0.717) is 5.39 Å². The SMILES string of the molecule is Cc1cn2nc(-c3ccc4c(=O)n(C5CCNC5)cc(C)c4n3)cc(C)c2n1. The van der Waals surface area contributed by atoms with Crippen molar-refractivity contribution in [2.75, 3.05) is 13.1 Å². The van der Waals surface area contributed by atoms with Gasteiger partial charge in [0.15, 0.2) is 5.65 Å². The van der Waals surface area contributed by atoms with E-state index >= 15 is 0 Å². The predicted octanol–water partition coefficient (Wildman–Crippen LogP) is 2.57. The molecule has 1 fully saturated rings. The van der Waals surface area contributed by atoms with Gasteiger partial charge in [0.1, 0.15) is 5.69 Å². The maximum absolute atomic E-state index is 13.0. The van der Waals surface area contributed by atoms with Crippen LogP contribution in [0.2, 0.25) is 0 Å². The molecule has 28 heavy (non-hydrogen) atoms. The van der Waals surface area contributed by atoms with Crippen LogP contribution in [0.25, 0.3) is 27.9 Å². The Labute approximate surface area is 162 Å². The number of fused-ring (bicyclic) bond motifs is 2. The quantitative estimate of drug-likeness (QED) is 0.584. The molecule has 7 nitrogen and oxygen atoms in total. The van der Waals surface area contributed by atoms with Gasteiger partial charge < -0.3 is 9.88 Å². The van der Waals surface area contributed by atoms with Gasteiger partial charge >= 0.3 is 0 Å². The summed E-state index contributed by atoms with van der Waals surface area (Å²) < 4.78 is 3.66. The first kappa shape index (κ1) is 17.1. The Kier molecular flexibility index (Phi) is 3.80. The molecule has 1 unspecified atom stereocenters. The van der Waals surface area contributed by atoms with E-state index in [2.05, 4.69) is 15.4 Å². The lowest BCUT2D eigenvalue weighted by atomic mass is 10.1. The van der Waals surface area contributed by atoms with E-state index in [1.165, 1.54) is 0 Å². The predicted molar refractivity (Wildman–Crippen MR) is 109 cm³/mol. The highest BCUT2D eigenvalue weighted by Crippen LogP contribution is 2.23. The number of imidazole rings is 1. The summed E-state index contributed by atoms with van der Waals surface area (Å²) in [5.41, 5.74) is 6.12. The lowest BCUT2D eigenvalue weighted by molar-refractivity contribution is 0.531. The Bertz CT molecular complexity index is 1280. The van der Waals surface area contributed by atoms with Gasteiger partial charge in [-0.2, -0.15) is 5.10 Å². The molecule has 0 saturated carbocycles. The van der Waals surface area contributed by atoms with Crippen LogP contribution in [0.3, 0.4) is 0 Å². The van der Waals surface area contributed by atoms with Crippen molar-refractivity contribution in [3.63, 3.8) is 0 Å². The summed E-state index contributed by atoms with van der Waals surface area (Å²) in [5.74, 6) is 0. The third-order valence-corrected chi connectivity index (χ3v) is 5.49. The van der Waals surface area contributed by atoms with E-state index in [4.69, 9.17) is 4.98 Å². The van der Waals surface area contributed by atoms with E-state index < -0.39 is 0 Å². The molecule has 142 valence electrons. The minimum Gasteiger partial charge on any atom is -0.315 e. The number of nitrogens with one attached hydrogen (secondary N) is 1. The fourth-order valence-corrected chi connectivity index (χ4v) is 4.06. The van der Waals surface area contributed by atoms with E-state index in [1.54, 1.807) is 4.52 Å². The van der Waals surface area contributed by atoms with Crippen LogP contribution < -0.4 is 10.9 Å². The van der Waals surface area contributed by atoms with Crippen molar-refractivity contribution in [3.8, 4) is 11.4 Å². The summed E-state index contributed by atoms with van der Waals surface area (Å²) in [5, 5.41) is 8.65. The molecule has 1 aliphatic heterocycles. The summed E-state index contributed by atoms with van der Waals surface area (Å²) in [6, 6.07) is 5.98. The number of rotatable bonds is 2. The molecule has 1 atom stereocenters. The highest BCUT2D eigenvalue weighted by Gasteiger charge is 2.20. The molecule has 4 aromatic rings. The van der Waals surface area contributed by atoms with Crippen LogP contribution in [-0.2, 0) is 0 Å². The minimum atomic E-state index is 0.0261. The molecule has 1 aliphatic rings. The van der Waals surface area contributed by atoms with Crippen molar-refractivity contribution in [3.05, 3.63) is 57.8 Å². The van der Waals surface area contributed by atoms with Gasteiger partial charge in [0, 0.05) is 12.7 Å². The molecular formula is C21H22N6O. The van der Waals surface area contributed by atoms with Gasteiger partial charge in [0.25, 0.3) is 5.56 Å². The highest BCUT2D eigenvalue weighted by atomic mass is 16.1. The van der Waals surface area contributed by atoms with Crippen molar-refractivity contribution >= 4 is 16.6 Å². The summed E-state index contributed by atoms with van der Waals surface area (Å²) in [6.45, 7) is 7.78. The minimum absolute atomic E-state index is 0.0261. The Balaban J connectivity index is 1.67. The second-order valence-corrected chi connectivity index (χ2v) is 7.63. The normalized spacial score (nSPS) is 17.0. The lowest BCUT2D eigenvalue weighted by Crippen LogP contribution is -2.26. The van der Waals surface area contributed by atoms with Crippen LogP contribution in [-0.4, -0.2) is 37.2 Å². The Morgan fingerprint density at radius 1 is 1.07 bits per heavy atom. The number of hydrogen-bond acceptors (Lipinski definition) is 5. The van der Waals surface area contributed by atoms with Crippen molar-refractivity contribution in [2.24, 2.45) is 0 Å². The van der Waals surface area contributed by atoms with Crippen molar-refractivity contribution in [1.82, 2.24) is 29.5 Å². The van der Waals surface area contributed by atoms with Gasteiger partial charge in [-0.1, -0.05) is 0 Å². The maximum atomic E-state index is 13.0. The third kappa shape index (κ3) is 2.62. The van der Waals surface area contributed by atoms with Gasteiger partial charge in [-0.3, -0.25) is 4.79 Å². The van der Waals surface area contributed by atoms with E-state index in [9.17, 15) is 4.79 Å². The first-order chi connectivity index (χ1) is 13.5. The lowest BCUT2D eigenvalue weighted by Gasteiger charge is -2.15. The van der Waals surface area contributed by atoms with Gasteiger partial charge in [-0.05, 0) is 63.1 Å². The third-order valence-electron chi connectivity index (χ3n) is 5.49. The van der Waals surface area contributed by atoms with Gasteiger partial charge in [-0.15, -0.1) is 0 Å². The standard InChI is InChI=1S/C21H22N6O/c1-12-8-18(25-27-11-14(3)23-20(12)27)17-5-4-16-19(24-17)13(2)10-26(21(16)28)15-6-7-22-9-15/h4-5,8,10-11,15,22H,6-7,9H2,1-3H3. The van der Waals surface area contributed by atoms with Gasteiger partial charge in [0.2, 0.25) is 0 Å². The average Bonchev–Trinajstić information content (AvgIpc) is 3.33. The molecule has 5 rings (SSSR count). The molecule has 0 spiro atoms. The first-order valence-electron chi connectivity index (χ1n) is 9.58. The number of aryl methyl sites for hydroxylation is 3. The Hall–Kier alpha value is -3.06. The fourth-order valence-electron chi connectivity index (χ4n) is 4.06. The zero-order chi connectivity index (χ0) is 19.4. The van der Waals surface area contributed by atoms with Crippen molar-refractivity contribution < 1.29 is 0 Å².